The van der Waals surface area contributed by atoms with Gasteiger partial charge in [-0.2, -0.15) is 5.26 Å². The Labute approximate surface area is 233 Å². The van der Waals surface area contributed by atoms with Crippen LogP contribution in [0, 0.1) is 23.2 Å². The summed E-state index contributed by atoms with van der Waals surface area (Å²) in [5, 5.41) is 23.2. The Kier molecular flexibility index (Phi) is 18.7. The molecule has 1 aliphatic carbocycles. The van der Waals surface area contributed by atoms with E-state index >= 15 is 0 Å². The molecule has 1 heterocycles. The zero-order chi connectivity index (χ0) is 29.8. The van der Waals surface area contributed by atoms with E-state index in [-0.39, 0.29) is 36.9 Å². The number of aliphatic hydroxyl groups excluding tert-OH is 1. The number of likely N-dealkylation sites (tertiary alicyclic amines) is 1. The Morgan fingerprint density at radius 1 is 1.18 bits per heavy atom. The molecule has 1 saturated heterocycles. The maximum atomic E-state index is 12.3. The van der Waals surface area contributed by atoms with Crippen molar-refractivity contribution < 1.29 is 24.3 Å². The number of nitriles is 1. The first-order valence-electron chi connectivity index (χ1n) is 13.6. The molecule has 1 saturated carbocycles. The molecule has 2 fully saturated rings. The van der Waals surface area contributed by atoms with E-state index in [2.05, 4.69) is 37.5 Å². The molecule has 2 atom stereocenters. The van der Waals surface area contributed by atoms with Crippen molar-refractivity contribution in [3.63, 3.8) is 0 Å². The van der Waals surface area contributed by atoms with E-state index in [1.54, 1.807) is 19.2 Å². The highest BCUT2D eigenvalue weighted by molar-refractivity contribution is 5.93. The van der Waals surface area contributed by atoms with Crippen molar-refractivity contribution >= 4 is 29.8 Å². The zero-order valence-electron chi connectivity index (χ0n) is 24.4. The topological polar surface area (TPSA) is 143 Å². The number of carbonyl (C=O) groups is 4. The first-order valence-corrected chi connectivity index (χ1v) is 13.6. The fourth-order valence-corrected chi connectivity index (χ4v) is 3.61. The van der Waals surface area contributed by atoms with Gasteiger partial charge < -0.3 is 25.5 Å². The normalized spacial score (nSPS) is 17.7. The lowest BCUT2D eigenvalue weighted by molar-refractivity contribution is -0.135. The minimum atomic E-state index is -0.644. The van der Waals surface area contributed by atoms with Crippen LogP contribution in [-0.2, 0) is 19.2 Å². The number of hydrogen-bond donors (Lipinski definition) is 3. The average molecular weight is 546 g/mol. The van der Waals surface area contributed by atoms with Crippen LogP contribution < -0.4 is 10.6 Å². The number of para-hydroxylation sites is 1. The largest absolute Gasteiger partial charge is 0.393 e. The minimum Gasteiger partial charge on any atom is -0.393 e. The van der Waals surface area contributed by atoms with Crippen molar-refractivity contribution in [2.24, 2.45) is 11.8 Å². The van der Waals surface area contributed by atoms with E-state index in [9.17, 15) is 24.4 Å². The van der Waals surface area contributed by atoms with Gasteiger partial charge in [0.15, 0.2) is 0 Å². The van der Waals surface area contributed by atoms with Crippen molar-refractivity contribution in [1.82, 2.24) is 15.1 Å². The number of hydrogen-bond acceptors (Lipinski definition) is 6. The maximum Gasteiger partial charge on any atom is 0.243 e. The van der Waals surface area contributed by atoms with Crippen LogP contribution in [0.1, 0.15) is 66.2 Å². The highest BCUT2D eigenvalue weighted by Crippen LogP contribution is 2.24. The van der Waals surface area contributed by atoms with Gasteiger partial charge in [-0.25, -0.2) is 0 Å². The maximum absolute atomic E-state index is 12.3. The van der Waals surface area contributed by atoms with Crippen molar-refractivity contribution in [3.05, 3.63) is 30.3 Å². The number of anilines is 1. The summed E-state index contributed by atoms with van der Waals surface area (Å²) in [6.07, 6.45) is 6.03. The standard InChI is InChI=1S/C16H18N4O3.C5H10O.C4H9NO.C4H10/c1-19(11-21)10-15(22)20-9-12(7-14(20)8-17)16(23)18-13-5-3-2-4-6-13;6-5-3-1-2-4-5;1-3-4(6)5-2;1-4(2)3/h2-6,11-12,14H,7,9-10H2,1H3,(H,18,23);5-6H,1-4H2;3H2,1-2H3,(H,5,6);4H,1-3H3. The monoisotopic (exact) mass is 545 g/mol. The highest BCUT2D eigenvalue weighted by atomic mass is 16.3. The molecule has 39 heavy (non-hydrogen) atoms. The predicted octanol–water partition coefficient (Wildman–Crippen LogP) is 3.18. The number of amides is 4. The third-order valence-corrected chi connectivity index (χ3v) is 5.67. The van der Waals surface area contributed by atoms with E-state index < -0.39 is 12.0 Å². The Morgan fingerprint density at radius 2 is 1.74 bits per heavy atom. The SMILES string of the molecule is CC(C)C.CCC(=O)NC.CN(C=O)CC(=O)N1CC(C(=O)Nc2ccccc2)CC1C#N.OC1CCCC1. The summed E-state index contributed by atoms with van der Waals surface area (Å²) in [4.78, 5) is 47.7. The van der Waals surface area contributed by atoms with Crippen LogP contribution >= 0.6 is 0 Å². The van der Waals surface area contributed by atoms with Gasteiger partial charge in [0.2, 0.25) is 24.1 Å². The molecule has 3 N–H and O–H groups in total. The van der Waals surface area contributed by atoms with Crippen molar-refractivity contribution in [2.75, 3.05) is 32.5 Å². The van der Waals surface area contributed by atoms with Crippen LogP contribution in [0.25, 0.3) is 0 Å². The zero-order valence-corrected chi connectivity index (χ0v) is 24.4. The third kappa shape index (κ3) is 16.2. The fourth-order valence-electron chi connectivity index (χ4n) is 3.61. The van der Waals surface area contributed by atoms with E-state index in [0.717, 1.165) is 18.8 Å². The average Bonchev–Trinajstić information content (AvgIpc) is 3.58. The van der Waals surface area contributed by atoms with Gasteiger partial charge in [0.1, 0.15) is 6.04 Å². The summed E-state index contributed by atoms with van der Waals surface area (Å²) >= 11 is 0. The van der Waals surface area contributed by atoms with Crippen molar-refractivity contribution in [3.8, 4) is 6.07 Å². The molecule has 4 amide bonds. The molecular weight excluding hydrogens is 498 g/mol. The van der Waals surface area contributed by atoms with E-state index in [0.29, 0.717) is 24.9 Å². The molecule has 2 aliphatic rings. The van der Waals surface area contributed by atoms with E-state index in [1.165, 1.54) is 29.7 Å². The number of nitrogens with one attached hydrogen (secondary N) is 2. The van der Waals surface area contributed by atoms with Crippen molar-refractivity contribution in [2.45, 2.75) is 78.4 Å². The summed E-state index contributed by atoms with van der Waals surface area (Å²) in [6.45, 7) is 8.40. The van der Waals surface area contributed by atoms with Crippen LogP contribution in [0.5, 0.6) is 0 Å². The lowest BCUT2D eigenvalue weighted by Crippen LogP contribution is -2.41. The van der Waals surface area contributed by atoms with Crippen LogP contribution in [0.3, 0.4) is 0 Å². The summed E-state index contributed by atoms with van der Waals surface area (Å²) in [5.41, 5.74) is 0.677. The van der Waals surface area contributed by atoms with Gasteiger partial charge in [-0.1, -0.05) is 58.7 Å². The van der Waals surface area contributed by atoms with E-state index in [4.69, 9.17) is 5.11 Å². The smallest absolute Gasteiger partial charge is 0.243 e. The highest BCUT2D eigenvalue weighted by Gasteiger charge is 2.38. The van der Waals surface area contributed by atoms with Gasteiger partial charge in [0, 0.05) is 32.7 Å². The summed E-state index contributed by atoms with van der Waals surface area (Å²) < 4.78 is 0. The van der Waals surface area contributed by atoms with Crippen LogP contribution in [-0.4, -0.2) is 78.4 Å². The van der Waals surface area contributed by atoms with Gasteiger partial charge >= 0.3 is 0 Å². The van der Waals surface area contributed by atoms with Crippen molar-refractivity contribution in [1.29, 1.82) is 5.26 Å². The molecule has 1 aliphatic heterocycles. The Bertz CT molecular complexity index is 888. The fraction of sp³-hybridized carbons (Fsp3) is 0.621. The van der Waals surface area contributed by atoms with E-state index in [1.807, 2.05) is 25.1 Å². The molecule has 3 rings (SSSR count). The molecule has 0 aromatic heterocycles. The first-order chi connectivity index (χ1) is 18.5. The van der Waals surface area contributed by atoms with Gasteiger partial charge in [-0.15, -0.1) is 0 Å². The second-order valence-corrected chi connectivity index (χ2v) is 10.2. The predicted molar refractivity (Wildman–Crippen MR) is 152 cm³/mol. The van der Waals surface area contributed by atoms with Gasteiger partial charge in [-0.3, -0.25) is 19.2 Å². The Hall–Kier alpha value is -3.45. The summed E-state index contributed by atoms with van der Waals surface area (Å²) in [7, 11) is 3.12. The summed E-state index contributed by atoms with van der Waals surface area (Å²) in [6, 6.07) is 10.4. The first kappa shape index (κ1) is 35.5. The number of likely N-dealkylation sites (N-methyl/N-ethyl adjacent to an activating group) is 1. The summed E-state index contributed by atoms with van der Waals surface area (Å²) in [5.74, 6) is -0.0583. The van der Waals surface area contributed by atoms with Gasteiger partial charge in [-0.05, 0) is 37.3 Å². The number of carbonyl (C=O) groups excluding carboxylic acids is 4. The quantitative estimate of drug-likeness (QED) is 0.469. The molecule has 2 unspecified atom stereocenters. The van der Waals surface area contributed by atoms with Crippen LogP contribution in [0.15, 0.2) is 30.3 Å². The number of rotatable bonds is 6. The minimum absolute atomic E-state index is 0.0463. The number of benzene rings is 1. The molecule has 10 heteroatoms. The lowest BCUT2D eigenvalue weighted by atomic mass is 10.1. The molecule has 0 bridgehead atoms. The molecule has 1 aromatic carbocycles. The van der Waals surface area contributed by atoms with Crippen LogP contribution in [0.2, 0.25) is 0 Å². The Morgan fingerprint density at radius 3 is 2.13 bits per heavy atom. The molecule has 1 aromatic rings. The number of nitrogens with zero attached hydrogens (tertiary/aromatic N) is 3. The molecule has 0 spiro atoms. The van der Waals surface area contributed by atoms with Crippen LogP contribution in [0.4, 0.5) is 5.69 Å². The van der Waals surface area contributed by atoms with Gasteiger partial charge in [0.25, 0.3) is 0 Å². The van der Waals surface area contributed by atoms with Gasteiger partial charge in [0.05, 0.1) is 24.6 Å². The third-order valence-electron chi connectivity index (χ3n) is 5.67. The molecule has 218 valence electrons. The second-order valence-electron chi connectivity index (χ2n) is 10.2. The molecular formula is C29H47N5O5. The lowest BCUT2D eigenvalue weighted by Gasteiger charge is -2.21. The molecule has 10 nitrogen and oxygen atoms in total. The molecule has 0 radical (unpaired) electrons. The number of aliphatic hydroxyl groups is 1. The Balaban J connectivity index is 0.000000729. The second kappa shape index (κ2) is 20.5.